The fourth-order valence-corrected chi connectivity index (χ4v) is 4.42. The summed E-state index contributed by atoms with van der Waals surface area (Å²) < 4.78 is 2.10. The highest BCUT2D eigenvalue weighted by Gasteiger charge is 2.40. The molecule has 1 aromatic carbocycles. The van der Waals surface area contributed by atoms with Gasteiger partial charge in [-0.3, -0.25) is 19.8 Å². The number of nitrogens with one attached hydrogen (secondary N) is 1. The number of aromatic nitrogens is 1. The minimum atomic E-state index is -0.630. The fourth-order valence-electron chi connectivity index (χ4n) is 4.42. The molecule has 0 atom stereocenters. The number of urea groups is 1. The number of carbonyl (C=O) groups is 3. The molecule has 2 heterocycles. The Bertz CT molecular complexity index is 1040. The van der Waals surface area contributed by atoms with Crippen molar-refractivity contribution in [2.75, 3.05) is 0 Å². The van der Waals surface area contributed by atoms with E-state index in [4.69, 9.17) is 0 Å². The molecule has 0 bridgehead atoms. The van der Waals surface area contributed by atoms with E-state index in [0.29, 0.717) is 0 Å². The fraction of sp³-hybridized carbons (Fsp3) is 0.348. The van der Waals surface area contributed by atoms with Crippen LogP contribution in [0.1, 0.15) is 48.2 Å². The van der Waals surface area contributed by atoms with Crippen molar-refractivity contribution in [1.82, 2.24) is 14.8 Å². The average Bonchev–Trinajstić information content (AvgIpc) is 3.27. The molecule has 1 aromatic heterocycles. The molecular weight excluding hydrogens is 366 g/mol. The summed E-state index contributed by atoms with van der Waals surface area (Å²) in [6.07, 6.45) is 5.18. The first-order valence-electron chi connectivity index (χ1n) is 10.0. The van der Waals surface area contributed by atoms with Crippen molar-refractivity contribution in [1.29, 1.82) is 0 Å². The third-order valence-corrected chi connectivity index (χ3v) is 5.85. The van der Waals surface area contributed by atoms with E-state index in [-0.39, 0.29) is 11.6 Å². The molecule has 6 nitrogen and oxygen atoms in total. The number of aryl methyl sites for hydroxylation is 2. The summed E-state index contributed by atoms with van der Waals surface area (Å²) in [5.41, 5.74) is 4.94. The number of carbonyl (C=O) groups excluding carboxylic acids is 3. The van der Waals surface area contributed by atoms with Gasteiger partial charge in [0.05, 0.1) is 0 Å². The second-order valence-corrected chi connectivity index (χ2v) is 7.93. The largest absolute Gasteiger partial charge is 0.331 e. The Morgan fingerprint density at radius 1 is 1.03 bits per heavy atom. The van der Waals surface area contributed by atoms with Crippen molar-refractivity contribution in [3.05, 3.63) is 58.4 Å². The molecule has 2 aliphatic rings. The van der Waals surface area contributed by atoms with Crippen LogP contribution in [-0.2, 0) is 9.59 Å². The van der Waals surface area contributed by atoms with Crippen molar-refractivity contribution in [2.24, 2.45) is 0 Å². The first-order valence-corrected chi connectivity index (χ1v) is 10.0. The van der Waals surface area contributed by atoms with Gasteiger partial charge in [-0.25, -0.2) is 4.79 Å². The molecule has 1 aliphatic heterocycles. The van der Waals surface area contributed by atoms with Gasteiger partial charge in [-0.2, -0.15) is 0 Å². The van der Waals surface area contributed by atoms with Crippen LogP contribution >= 0.6 is 0 Å². The topological polar surface area (TPSA) is 71.4 Å². The molecule has 2 aromatic rings. The number of benzene rings is 1. The molecule has 0 radical (unpaired) electrons. The normalized spacial score (nSPS) is 19.3. The van der Waals surface area contributed by atoms with Crippen molar-refractivity contribution in [3.8, 4) is 5.69 Å². The van der Waals surface area contributed by atoms with E-state index >= 15 is 0 Å². The summed E-state index contributed by atoms with van der Waals surface area (Å²) >= 11 is 0. The molecule has 2 fully saturated rings. The van der Waals surface area contributed by atoms with Gasteiger partial charge >= 0.3 is 6.03 Å². The maximum atomic E-state index is 13.0. The summed E-state index contributed by atoms with van der Waals surface area (Å²) in [4.78, 5) is 39.0. The molecule has 4 rings (SSSR count). The van der Waals surface area contributed by atoms with Gasteiger partial charge in [0.15, 0.2) is 0 Å². The zero-order valence-electron chi connectivity index (χ0n) is 17.0. The van der Waals surface area contributed by atoms with E-state index in [1.54, 1.807) is 6.08 Å². The summed E-state index contributed by atoms with van der Waals surface area (Å²) in [5, 5.41) is 2.34. The first-order chi connectivity index (χ1) is 13.9. The number of barbiturate groups is 1. The quantitative estimate of drug-likeness (QED) is 0.639. The highest BCUT2D eigenvalue weighted by Crippen LogP contribution is 2.28. The molecule has 150 valence electrons. The van der Waals surface area contributed by atoms with Crippen molar-refractivity contribution in [3.63, 3.8) is 0 Å². The van der Waals surface area contributed by atoms with Gasteiger partial charge in [0.1, 0.15) is 5.57 Å². The Hall–Kier alpha value is -3.15. The highest BCUT2D eigenvalue weighted by atomic mass is 16.2. The standard InChI is InChI=1S/C23H25N3O3/c1-14-7-6-10-19(11-14)25-15(2)12-17(16(25)3)13-20-21(27)24-23(29)26(22(20)28)18-8-4-5-9-18/h6-7,10-13,18H,4-5,8-9H2,1-3H3,(H,24,27,29)/b20-13+. The van der Waals surface area contributed by atoms with Crippen LogP contribution in [0, 0.1) is 20.8 Å². The predicted octanol–water partition coefficient (Wildman–Crippen LogP) is 3.81. The summed E-state index contributed by atoms with van der Waals surface area (Å²) in [6.45, 7) is 6.00. The van der Waals surface area contributed by atoms with Gasteiger partial charge in [0, 0.05) is 23.1 Å². The van der Waals surface area contributed by atoms with Crippen molar-refractivity contribution < 1.29 is 14.4 Å². The van der Waals surface area contributed by atoms with E-state index < -0.39 is 17.8 Å². The average molecular weight is 391 g/mol. The first kappa shape index (κ1) is 19.2. The van der Waals surface area contributed by atoms with E-state index in [2.05, 4.69) is 16.0 Å². The third kappa shape index (κ3) is 3.39. The van der Waals surface area contributed by atoms with Crippen LogP contribution in [0.25, 0.3) is 11.8 Å². The minimum Gasteiger partial charge on any atom is -0.318 e. The van der Waals surface area contributed by atoms with Gasteiger partial charge in [-0.1, -0.05) is 25.0 Å². The van der Waals surface area contributed by atoms with Crippen molar-refractivity contribution >= 4 is 23.9 Å². The summed E-state index contributed by atoms with van der Waals surface area (Å²) in [5.74, 6) is -1.12. The van der Waals surface area contributed by atoms with Gasteiger partial charge < -0.3 is 4.57 Å². The van der Waals surface area contributed by atoms with Crippen LogP contribution in [-0.4, -0.2) is 33.4 Å². The third-order valence-electron chi connectivity index (χ3n) is 5.85. The molecule has 29 heavy (non-hydrogen) atoms. The summed E-state index contributed by atoms with van der Waals surface area (Å²) in [7, 11) is 0. The lowest BCUT2D eigenvalue weighted by Crippen LogP contribution is -2.57. The molecule has 1 N–H and O–H groups in total. The van der Waals surface area contributed by atoms with E-state index in [1.165, 1.54) is 4.90 Å². The number of rotatable bonds is 3. The number of imide groups is 2. The van der Waals surface area contributed by atoms with E-state index in [0.717, 1.165) is 53.9 Å². The molecule has 4 amide bonds. The van der Waals surface area contributed by atoms with E-state index in [1.807, 2.05) is 45.0 Å². The maximum Gasteiger partial charge on any atom is 0.331 e. The van der Waals surface area contributed by atoms with Crippen LogP contribution in [0.15, 0.2) is 35.9 Å². The Morgan fingerprint density at radius 3 is 2.45 bits per heavy atom. The van der Waals surface area contributed by atoms with Crippen LogP contribution in [0.2, 0.25) is 0 Å². The van der Waals surface area contributed by atoms with Crippen molar-refractivity contribution in [2.45, 2.75) is 52.5 Å². The SMILES string of the molecule is Cc1cccc(-n2c(C)cc(/C=C3\C(=O)NC(=O)N(C4CCCC4)C3=O)c2C)c1. The molecule has 0 spiro atoms. The van der Waals surface area contributed by atoms with Gasteiger partial charge in [-0.05, 0) is 69.0 Å². The predicted molar refractivity (Wildman–Crippen MR) is 111 cm³/mol. The zero-order chi connectivity index (χ0) is 20.7. The lowest BCUT2D eigenvalue weighted by atomic mass is 10.1. The lowest BCUT2D eigenvalue weighted by molar-refractivity contribution is -0.131. The smallest absolute Gasteiger partial charge is 0.318 e. The Labute approximate surface area is 170 Å². The van der Waals surface area contributed by atoms with Gasteiger partial charge in [0.25, 0.3) is 11.8 Å². The van der Waals surface area contributed by atoms with Gasteiger partial charge in [0.2, 0.25) is 0 Å². The Morgan fingerprint density at radius 2 is 1.76 bits per heavy atom. The molecule has 0 unspecified atom stereocenters. The molecule has 1 aliphatic carbocycles. The molecule has 6 heteroatoms. The van der Waals surface area contributed by atoms with Crippen LogP contribution < -0.4 is 5.32 Å². The number of amides is 4. The Kier molecular flexibility index (Phi) is 4.86. The maximum absolute atomic E-state index is 13.0. The minimum absolute atomic E-state index is 0.0148. The second kappa shape index (κ2) is 7.35. The molecule has 1 saturated carbocycles. The molecule has 1 saturated heterocycles. The monoisotopic (exact) mass is 391 g/mol. The zero-order valence-corrected chi connectivity index (χ0v) is 17.0. The second-order valence-electron chi connectivity index (χ2n) is 7.93. The Balaban J connectivity index is 1.73. The number of hydrogen-bond acceptors (Lipinski definition) is 3. The number of hydrogen-bond donors (Lipinski definition) is 1. The van der Waals surface area contributed by atoms with Crippen LogP contribution in [0.5, 0.6) is 0 Å². The summed E-state index contributed by atoms with van der Waals surface area (Å²) in [6, 6.07) is 9.40. The van der Waals surface area contributed by atoms with E-state index in [9.17, 15) is 14.4 Å². The molecular formula is C23H25N3O3. The van der Waals surface area contributed by atoms with Gasteiger partial charge in [-0.15, -0.1) is 0 Å². The highest BCUT2D eigenvalue weighted by molar-refractivity contribution is 6.31. The van der Waals surface area contributed by atoms with Crippen LogP contribution in [0.3, 0.4) is 0 Å². The number of nitrogens with zero attached hydrogens (tertiary/aromatic N) is 2. The van der Waals surface area contributed by atoms with Crippen LogP contribution in [0.4, 0.5) is 4.79 Å². The lowest BCUT2D eigenvalue weighted by Gasteiger charge is -2.31.